The number of hydrogen-bond donors (Lipinski definition) is 2. The first-order valence-corrected chi connectivity index (χ1v) is 5.68. The van der Waals surface area contributed by atoms with Crippen LogP contribution in [0.3, 0.4) is 0 Å². The Morgan fingerprint density at radius 1 is 1.36 bits per heavy atom. The van der Waals surface area contributed by atoms with E-state index < -0.39 is 5.60 Å². The molecule has 0 aromatic heterocycles. The van der Waals surface area contributed by atoms with E-state index in [1.54, 1.807) is 0 Å². The Kier molecular flexibility index (Phi) is 4.35. The van der Waals surface area contributed by atoms with Crippen molar-refractivity contribution in [1.82, 2.24) is 10.2 Å². The van der Waals surface area contributed by atoms with E-state index in [2.05, 4.69) is 24.1 Å². The van der Waals surface area contributed by atoms with Gasteiger partial charge in [-0.25, -0.2) is 0 Å². The maximum Gasteiger partial charge on any atom is 0.0768 e. The molecule has 0 aliphatic carbocycles. The molecule has 3 heteroatoms. The topological polar surface area (TPSA) is 35.5 Å². The van der Waals surface area contributed by atoms with Gasteiger partial charge in [0, 0.05) is 19.6 Å². The molecule has 1 fully saturated rings. The summed E-state index contributed by atoms with van der Waals surface area (Å²) < 4.78 is 0. The van der Waals surface area contributed by atoms with Gasteiger partial charge in [0.05, 0.1) is 5.60 Å². The van der Waals surface area contributed by atoms with Crippen LogP contribution in [0.25, 0.3) is 0 Å². The van der Waals surface area contributed by atoms with Crippen molar-refractivity contribution in [2.24, 2.45) is 5.92 Å². The van der Waals surface area contributed by atoms with Crippen LogP contribution in [0.1, 0.15) is 27.2 Å². The van der Waals surface area contributed by atoms with Gasteiger partial charge in [-0.15, -0.1) is 0 Å². The summed E-state index contributed by atoms with van der Waals surface area (Å²) in [7, 11) is 0. The predicted octanol–water partition coefficient (Wildman–Crippen LogP) is 0.689. The highest BCUT2D eigenvalue weighted by atomic mass is 16.3. The lowest BCUT2D eigenvalue weighted by Gasteiger charge is -2.33. The SMILES string of the molecule is CC(C)C(C)(O)CN1CCCNCC1. The van der Waals surface area contributed by atoms with E-state index in [-0.39, 0.29) is 0 Å². The maximum absolute atomic E-state index is 10.2. The first-order chi connectivity index (χ1) is 6.52. The van der Waals surface area contributed by atoms with Gasteiger partial charge in [-0.1, -0.05) is 13.8 Å². The van der Waals surface area contributed by atoms with Crippen molar-refractivity contribution in [2.45, 2.75) is 32.8 Å². The molecule has 3 nitrogen and oxygen atoms in total. The number of nitrogens with zero attached hydrogens (tertiary/aromatic N) is 1. The molecule has 1 rings (SSSR count). The van der Waals surface area contributed by atoms with Crippen LogP contribution in [0.2, 0.25) is 0 Å². The quantitative estimate of drug-likeness (QED) is 0.703. The number of hydrogen-bond acceptors (Lipinski definition) is 3. The summed E-state index contributed by atoms with van der Waals surface area (Å²) in [4.78, 5) is 2.36. The van der Waals surface area contributed by atoms with Crippen molar-refractivity contribution in [3.63, 3.8) is 0 Å². The first kappa shape index (κ1) is 12.0. The largest absolute Gasteiger partial charge is 0.389 e. The normalized spacial score (nSPS) is 24.6. The molecule has 0 aromatic rings. The summed E-state index contributed by atoms with van der Waals surface area (Å²) in [6.45, 7) is 11.2. The van der Waals surface area contributed by atoms with Crippen LogP contribution < -0.4 is 5.32 Å². The zero-order valence-corrected chi connectivity index (χ0v) is 9.71. The second kappa shape index (κ2) is 5.10. The molecular formula is C11H24N2O. The molecule has 0 amide bonds. The highest BCUT2D eigenvalue weighted by molar-refractivity contribution is 4.81. The summed E-state index contributed by atoms with van der Waals surface area (Å²) in [5.41, 5.74) is -0.551. The Bertz CT molecular complexity index is 161. The fraction of sp³-hybridized carbons (Fsp3) is 1.00. The second-order valence-electron chi connectivity index (χ2n) is 4.89. The molecule has 0 spiro atoms. The zero-order valence-electron chi connectivity index (χ0n) is 9.71. The van der Waals surface area contributed by atoms with Crippen molar-refractivity contribution < 1.29 is 5.11 Å². The Labute approximate surface area is 87.5 Å². The molecule has 0 saturated carbocycles. The Morgan fingerprint density at radius 2 is 2.07 bits per heavy atom. The Hall–Kier alpha value is -0.120. The Balaban J connectivity index is 2.41. The van der Waals surface area contributed by atoms with Gasteiger partial charge in [-0.05, 0) is 32.4 Å². The number of β-amino-alcohol motifs (C(OH)–C–C–N with tert-alkyl or cyclic N) is 1. The monoisotopic (exact) mass is 200 g/mol. The van der Waals surface area contributed by atoms with Crippen molar-refractivity contribution in [2.75, 3.05) is 32.7 Å². The van der Waals surface area contributed by atoms with Crippen molar-refractivity contribution in [3.05, 3.63) is 0 Å². The standard InChI is InChI=1S/C11H24N2O/c1-10(2)11(3,14)9-13-7-4-5-12-6-8-13/h10,12,14H,4-9H2,1-3H3. The van der Waals surface area contributed by atoms with Crippen LogP contribution in [-0.2, 0) is 0 Å². The molecule has 14 heavy (non-hydrogen) atoms. The summed E-state index contributed by atoms with van der Waals surface area (Å²) >= 11 is 0. The van der Waals surface area contributed by atoms with Gasteiger partial charge in [-0.3, -0.25) is 4.90 Å². The van der Waals surface area contributed by atoms with E-state index in [1.807, 2.05) is 6.92 Å². The average molecular weight is 200 g/mol. The maximum atomic E-state index is 10.2. The smallest absolute Gasteiger partial charge is 0.0768 e. The fourth-order valence-corrected chi connectivity index (χ4v) is 1.70. The lowest BCUT2D eigenvalue weighted by atomic mass is 9.92. The van der Waals surface area contributed by atoms with Crippen LogP contribution in [0.15, 0.2) is 0 Å². The molecule has 0 radical (unpaired) electrons. The number of rotatable bonds is 3. The summed E-state index contributed by atoms with van der Waals surface area (Å²) in [5, 5.41) is 13.5. The van der Waals surface area contributed by atoms with Gasteiger partial charge < -0.3 is 10.4 Å². The molecule has 1 aliphatic rings. The molecule has 0 aromatic carbocycles. The summed E-state index contributed by atoms with van der Waals surface area (Å²) in [6.07, 6.45) is 1.19. The molecule has 1 unspecified atom stereocenters. The van der Waals surface area contributed by atoms with E-state index >= 15 is 0 Å². The summed E-state index contributed by atoms with van der Waals surface area (Å²) in [5.74, 6) is 0.318. The first-order valence-electron chi connectivity index (χ1n) is 5.68. The van der Waals surface area contributed by atoms with Crippen LogP contribution in [0.5, 0.6) is 0 Å². The van der Waals surface area contributed by atoms with E-state index in [0.717, 1.165) is 32.7 Å². The molecule has 0 bridgehead atoms. The number of nitrogens with one attached hydrogen (secondary N) is 1. The highest BCUT2D eigenvalue weighted by Gasteiger charge is 2.27. The fourth-order valence-electron chi connectivity index (χ4n) is 1.70. The molecular weight excluding hydrogens is 176 g/mol. The zero-order chi connectivity index (χ0) is 10.6. The van der Waals surface area contributed by atoms with Gasteiger partial charge in [0.25, 0.3) is 0 Å². The summed E-state index contributed by atoms with van der Waals surface area (Å²) in [6, 6.07) is 0. The third kappa shape index (κ3) is 3.56. The predicted molar refractivity (Wildman–Crippen MR) is 59.4 cm³/mol. The van der Waals surface area contributed by atoms with E-state index in [4.69, 9.17) is 0 Å². The molecule has 1 aliphatic heterocycles. The van der Waals surface area contributed by atoms with Gasteiger partial charge in [0.15, 0.2) is 0 Å². The lowest BCUT2D eigenvalue weighted by Crippen LogP contribution is -2.45. The third-order valence-electron chi connectivity index (χ3n) is 3.22. The van der Waals surface area contributed by atoms with Crippen molar-refractivity contribution in [1.29, 1.82) is 0 Å². The van der Waals surface area contributed by atoms with Crippen molar-refractivity contribution in [3.8, 4) is 0 Å². The minimum absolute atomic E-state index is 0.318. The van der Waals surface area contributed by atoms with Gasteiger partial charge in [-0.2, -0.15) is 0 Å². The van der Waals surface area contributed by atoms with E-state index in [1.165, 1.54) is 6.42 Å². The Morgan fingerprint density at radius 3 is 2.71 bits per heavy atom. The lowest BCUT2D eigenvalue weighted by molar-refractivity contribution is -0.0173. The van der Waals surface area contributed by atoms with E-state index in [9.17, 15) is 5.11 Å². The third-order valence-corrected chi connectivity index (χ3v) is 3.22. The van der Waals surface area contributed by atoms with Gasteiger partial charge >= 0.3 is 0 Å². The van der Waals surface area contributed by atoms with Gasteiger partial charge in [0.1, 0.15) is 0 Å². The molecule has 1 atom stereocenters. The van der Waals surface area contributed by atoms with Crippen molar-refractivity contribution >= 4 is 0 Å². The van der Waals surface area contributed by atoms with Crippen LogP contribution >= 0.6 is 0 Å². The molecule has 84 valence electrons. The van der Waals surface area contributed by atoms with Crippen LogP contribution in [0.4, 0.5) is 0 Å². The van der Waals surface area contributed by atoms with E-state index in [0.29, 0.717) is 5.92 Å². The minimum atomic E-state index is -0.551. The van der Waals surface area contributed by atoms with Crippen LogP contribution in [0, 0.1) is 5.92 Å². The molecule has 2 N–H and O–H groups in total. The highest BCUT2D eigenvalue weighted by Crippen LogP contribution is 2.17. The van der Waals surface area contributed by atoms with Gasteiger partial charge in [0.2, 0.25) is 0 Å². The molecule has 1 saturated heterocycles. The average Bonchev–Trinajstić information content (AvgIpc) is 2.32. The van der Waals surface area contributed by atoms with Crippen LogP contribution in [-0.4, -0.2) is 48.3 Å². The molecule has 1 heterocycles. The second-order valence-corrected chi connectivity index (χ2v) is 4.89. The minimum Gasteiger partial charge on any atom is -0.389 e. The number of aliphatic hydroxyl groups is 1.